The Kier molecular flexibility index (Phi) is 4.72. The standard InChI is InChI=1S/C12H14Br2N4O/c1-18(2)6-10(15)11-16-12(19-17-11)8-5-7(13)3-4-9(8)14/h3-5,10H,6,15H2,1-2H3. The first-order valence-electron chi connectivity index (χ1n) is 5.66. The lowest BCUT2D eigenvalue weighted by Crippen LogP contribution is -2.26. The molecular weight excluding hydrogens is 376 g/mol. The predicted molar refractivity (Wildman–Crippen MR) is 80.6 cm³/mol. The van der Waals surface area contributed by atoms with E-state index in [1.165, 1.54) is 0 Å². The van der Waals surface area contributed by atoms with Crippen LogP contribution < -0.4 is 5.73 Å². The molecule has 7 heteroatoms. The summed E-state index contributed by atoms with van der Waals surface area (Å²) in [4.78, 5) is 6.34. The Morgan fingerprint density at radius 3 is 2.79 bits per heavy atom. The van der Waals surface area contributed by atoms with E-state index in [0.29, 0.717) is 18.3 Å². The number of rotatable bonds is 4. The molecule has 19 heavy (non-hydrogen) atoms. The van der Waals surface area contributed by atoms with E-state index in [-0.39, 0.29) is 6.04 Å². The quantitative estimate of drug-likeness (QED) is 0.870. The third-order valence-corrected chi connectivity index (χ3v) is 3.68. The molecule has 0 radical (unpaired) electrons. The molecule has 5 nitrogen and oxygen atoms in total. The Balaban J connectivity index is 2.28. The van der Waals surface area contributed by atoms with Gasteiger partial charge in [-0.3, -0.25) is 0 Å². The fraction of sp³-hybridized carbons (Fsp3) is 0.333. The maximum absolute atomic E-state index is 6.01. The third-order valence-electron chi connectivity index (χ3n) is 2.49. The number of nitrogens with zero attached hydrogens (tertiary/aromatic N) is 3. The SMILES string of the molecule is CN(C)CC(N)c1noc(-c2cc(Br)ccc2Br)n1. The van der Waals surface area contributed by atoms with Crippen LogP contribution in [0, 0.1) is 0 Å². The van der Waals surface area contributed by atoms with E-state index < -0.39 is 0 Å². The summed E-state index contributed by atoms with van der Waals surface area (Å²) < 4.78 is 7.12. The van der Waals surface area contributed by atoms with Crippen molar-refractivity contribution in [3.63, 3.8) is 0 Å². The lowest BCUT2D eigenvalue weighted by Gasteiger charge is -2.12. The number of benzene rings is 1. The molecule has 0 aliphatic heterocycles. The minimum absolute atomic E-state index is 0.265. The van der Waals surface area contributed by atoms with E-state index in [2.05, 4.69) is 42.0 Å². The summed E-state index contributed by atoms with van der Waals surface area (Å²) in [6.07, 6.45) is 0. The monoisotopic (exact) mass is 388 g/mol. The summed E-state index contributed by atoms with van der Waals surface area (Å²) >= 11 is 6.89. The molecule has 0 aliphatic rings. The second kappa shape index (κ2) is 6.13. The number of likely N-dealkylation sites (N-methyl/N-ethyl adjacent to an activating group) is 1. The molecule has 1 unspecified atom stereocenters. The molecule has 1 aromatic heterocycles. The summed E-state index contributed by atoms with van der Waals surface area (Å²) in [6.45, 7) is 0.665. The van der Waals surface area contributed by atoms with Gasteiger partial charge in [0.25, 0.3) is 5.89 Å². The lowest BCUT2D eigenvalue weighted by molar-refractivity contribution is 0.357. The van der Waals surface area contributed by atoms with Crippen LogP contribution in [0.25, 0.3) is 11.5 Å². The molecule has 0 fully saturated rings. The number of hydrogen-bond acceptors (Lipinski definition) is 5. The number of halogens is 2. The Bertz CT molecular complexity index is 571. The summed E-state index contributed by atoms with van der Waals surface area (Å²) in [6, 6.07) is 5.50. The molecule has 1 aromatic carbocycles. The van der Waals surface area contributed by atoms with E-state index in [4.69, 9.17) is 10.3 Å². The van der Waals surface area contributed by atoms with Crippen molar-refractivity contribution in [2.75, 3.05) is 20.6 Å². The number of nitrogens with two attached hydrogens (primary N) is 1. The summed E-state index contributed by atoms with van der Waals surface area (Å²) in [5, 5.41) is 3.94. The molecule has 2 aromatic rings. The molecule has 0 aliphatic carbocycles. The van der Waals surface area contributed by atoms with Crippen molar-refractivity contribution in [3.8, 4) is 11.5 Å². The summed E-state index contributed by atoms with van der Waals surface area (Å²) in [5.41, 5.74) is 6.85. The minimum Gasteiger partial charge on any atom is -0.334 e. The van der Waals surface area contributed by atoms with Gasteiger partial charge in [-0.05, 0) is 48.2 Å². The maximum Gasteiger partial charge on any atom is 0.259 e. The molecule has 0 saturated carbocycles. The van der Waals surface area contributed by atoms with Gasteiger partial charge in [-0.1, -0.05) is 21.1 Å². The second-order valence-corrected chi connectivity index (χ2v) is 6.22. The topological polar surface area (TPSA) is 68.2 Å². The van der Waals surface area contributed by atoms with Gasteiger partial charge in [-0.25, -0.2) is 0 Å². The molecule has 1 heterocycles. The lowest BCUT2D eigenvalue weighted by atomic mass is 10.2. The normalized spacial score (nSPS) is 12.9. The van der Waals surface area contributed by atoms with Gasteiger partial charge in [-0.2, -0.15) is 4.98 Å². The van der Waals surface area contributed by atoms with E-state index in [9.17, 15) is 0 Å². The highest BCUT2D eigenvalue weighted by Gasteiger charge is 2.17. The van der Waals surface area contributed by atoms with E-state index in [1.807, 2.05) is 37.2 Å². The van der Waals surface area contributed by atoms with Gasteiger partial charge in [0, 0.05) is 15.5 Å². The van der Waals surface area contributed by atoms with Gasteiger partial charge in [0.05, 0.1) is 11.6 Å². The zero-order chi connectivity index (χ0) is 14.0. The summed E-state index contributed by atoms with van der Waals surface area (Å²) in [7, 11) is 3.90. The van der Waals surface area contributed by atoms with Gasteiger partial charge in [0.15, 0.2) is 5.82 Å². The molecule has 0 spiro atoms. The molecule has 0 bridgehead atoms. The second-order valence-electron chi connectivity index (χ2n) is 4.45. The van der Waals surface area contributed by atoms with E-state index >= 15 is 0 Å². The zero-order valence-corrected chi connectivity index (χ0v) is 13.8. The van der Waals surface area contributed by atoms with Crippen molar-refractivity contribution in [1.82, 2.24) is 15.0 Å². The largest absolute Gasteiger partial charge is 0.334 e. The molecule has 102 valence electrons. The van der Waals surface area contributed by atoms with Gasteiger partial charge >= 0.3 is 0 Å². The summed E-state index contributed by atoms with van der Waals surface area (Å²) in [5.74, 6) is 0.966. The maximum atomic E-state index is 6.01. The van der Waals surface area contributed by atoms with Gasteiger partial charge < -0.3 is 15.2 Å². The van der Waals surface area contributed by atoms with Crippen LogP contribution in [0.3, 0.4) is 0 Å². The number of hydrogen-bond donors (Lipinski definition) is 1. The predicted octanol–water partition coefficient (Wildman–Crippen LogP) is 2.82. The van der Waals surface area contributed by atoms with Gasteiger partial charge in [0.2, 0.25) is 0 Å². The molecule has 0 amide bonds. The van der Waals surface area contributed by atoms with Crippen LogP contribution in [0.2, 0.25) is 0 Å². The molecule has 2 rings (SSSR count). The zero-order valence-electron chi connectivity index (χ0n) is 10.6. The Morgan fingerprint density at radius 1 is 1.37 bits per heavy atom. The van der Waals surface area contributed by atoms with Crippen molar-refractivity contribution >= 4 is 31.9 Å². The van der Waals surface area contributed by atoms with Crippen LogP contribution in [0.4, 0.5) is 0 Å². The van der Waals surface area contributed by atoms with Crippen molar-refractivity contribution in [2.45, 2.75) is 6.04 Å². The number of aromatic nitrogens is 2. The molecule has 2 N–H and O–H groups in total. The van der Waals surface area contributed by atoms with Crippen LogP contribution in [0.15, 0.2) is 31.7 Å². The average molecular weight is 390 g/mol. The first-order chi connectivity index (χ1) is 8.97. The van der Waals surface area contributed by atoms with Crippen LogP contribution in [0.1, 0.15) is 11.9 Å². The van der Waals surface area contributed by atoms with Crippen molar-refractivity contribution in [2.24, 2.45) is 5.73 Å². The Morgan fingerprint density at radius 2 is 2.11 bits per heavy atom. The van der Waals surface area contributed by atoms with Gasteiger partial charge in [0.1, 0.15) is 0 Å². The fourth-order valence-electron chi connectivity index (χ4n) is 1.63. The molecule has 0 saturated heterocycles. The highest BCUT2D eigenvalue weighted by atomic mass is 79.9. The van der Waals surface area contributed by atoms with Crippen molar-refractivity contribution in [1.29, 1.82) is 0 Å². The first-order valence-corrected chi connectivity index (χ1v) is 7.25. The molecular formula is C12H14Br2N4O. The third kappa shape index (κ3) is 3.62. The molecule has 1 atom stereocenters. The van der Waals surface area contributed by atoms with Crippen LogP contribution in [0.5, 0.6) is 0 Å². The average Bonchev–Trinajstić information content (AvgIpc) is 2.80. The van der Waals surface area contributed by atoms with E-state index in [0.717, 1.165) is 14.5 Å². The highest BCUT2D eigenvalue weighted by molar-refractivity contribution is 9.11. The minimum atomic E-state index is -0.265. The van der Waals surface area contributed by atoms with Crippen LogP contribution in [-0.4, -0.2) is 35.7 Å². The van der Waals surface area contributed by atoms with Crippen LogP contribution >= 0.6 is 31.9 Å². The van der Waals surface area contributed by atoms with Crippen LogP contribution in [-0.2, 0) is 0 Å². The highest BCUT2D eigenvalue weighted by Crippen LogP contribution is 2.30. The first kappa shape index (κ1) is 14.6. The Hall–Kier alpha value is -0.760. The Labute approximate surface area is 128 Å². The van der Waals surface area contributed by atoms with E-state index in [1.54, 1.807) is 0 Å². The smallest absolute Gasteiger partial charge is 0.259 e. The van der Waals surface area contributed by atoms with Gasteiger partial charge in [-0.15, -0.1) is 0 Å². The van der Waals surface area contributed by atoms with Crippen molar-refractivity contribution < 1.29 is 4.52 Å². The fourth-order valence-corrected chi connectivity index (χ4v) is 2.41. The van der Waals surface area contributed by atoms with Crippen molar-refractivity contribution in [3.05, 3.63) is 33.0 Å².